The molecule has 1 aromatic heterocycles. The fraction of sp³-hybridized carbons (Fsp3) is 0.706. The molecule has 1 aliphatic rings. The predicted molar refractivity (Wildman–Crippen MR) is 86.1 cm³/mol. The van der Waals surface area contributed by atoms with Crippen molar-refractivity contribution in [2.24, 2.45) is 0 Å². The first-order valence-electron chi connectivity index (χ1n) is 7.86. The molecular formula is C17H29N3O. The lowest BCUT2D eigenvalue weighted by molar-refractivity contribution is 0.0810. The highest BCUT2D eigenvalue weighted by atomic mass is 16.5. The van der Waals surface area contributed by atoms with Crippen LogP contribution in [-0.2, 0) is 17.8 Å². The van der Waals surface area contributed by atoms with Gasteiger partial charge in [-0.1, -0.05) is 6.07 Å². The average molecular weight is 291 g/mol. The van der Waals surface area contributed by atoms with Crippen LogP contribution in [0, 0.1) is 0 Å². The van der Waals surface area contributed by atoms with E-state index in [0.29, 0.717) is 12.1 Å². The van der Waals surface area contributed by atoms with Crippen LogP contribution in [0.2, 0.25) is 0 Å². The monoisotopic (exact) mass is 291 g/mol. The molecule has 1 saturated heterocycles. The fourth-order valence-electron chi connectivity index (χ4n) is 2.69. The van der Waals surface area contributed by atoms with E-state index < -0.39 is 0 Å². The summed E-state index contributed by atoms with van der Waals surface area (Å²) in [4.78, 5) is 6.95. The molecule has 21 heavy (non-hydrogen) atoms. The van der Waals surface area contributed by atoms with Crippen LogP contribution < -0.4 is 5.32 Å². The molecule has 0 radical (unpaired) electrons. The second-order valence-electron chi connectivity index (χ2n) is 7.11. The molecule has 0 aromatic carbocycles. The van der Waals surface area contributed by atoms with E-state index in [4.69, 9.17) is 4.74 Å². The Hall–Kier alpha value is -0.970. The van der Waals surface area contributed by atoms with Gasteiger partial charge in [0.05, 0.1) is 11.8 Å². The lowest BCUT2D eigenvalue weighted by atomic mass is 10.1. The van der Waals surface area contributed by atoms with Crippen LogP contribution in [0.4, 0.5) is 0 Å². The molecule has 0 saturated carbocycles. The Balaban J connectivity index is 1.87. The van der Waals surface area contributed by atoms with Gasteiger partial charge in [-0.25, -0.2) is 0 Å². The summed E-state index contributed by atoms with van der Waals surface area (Å²) in [6.07, 6.45) is 3.42. The predicted octanol–water partition coefficient (Wildman–Crippen LogP) is 2.58. The molecule has 1 fully saturated rings. The number of rotatable bonds is 5. The van der Waals surface area contributed by atoms with Crippen LogP contribution in [0.5, 0.6) is 0 Å². The summed E-state index contributed by atoms with van der Waals surface area (Å²) in [6.45, 7) is 11.3. The van der Waals surface area contributed by atoms with E-state index in [0.717, 1.165) is 31.8 Å². The molecule has 0 spiro atoms. The number of pyridine rings is 1. The Morgan fingerprint density at radius 1 is 1.38 bits per heavy atom. The Bertz CT molecular complexity index is 438. The van der Waals surface area contributed by atoms with Gasteiger partial charge >= 0.3 is 0 Å². The molecule has 2 atom stereocenters. The molecule has 2 heterocycles. The van der Waals surface area contributed by atoms with Gasteiger partial charge in [0, 0.05) is 37.5 Å². The van der Waals surface area contributed by atoms with E-state index in [9.17, 15) is 0 Å². The highest BCUT2D eigenvalue weighted by Crippen LogP contribution is 2.19. The molecule has 4 heteroatoms. The van der Waals surface area contributed by atoms with Gasteiger partial charge in [-0.05, 0) is 52.8 Å². The topological polar surface area (TPSA) is 37.4 Å². The van der Waals surface area contributed by atoms with Crippen molar-refractivity contribution in [3.63, 3.8) is 0 Å². The lowest BCUT2D eigenvalue weighted by Crippen LogP contribution is -2.36. The Morgan fingerprint density at radius 2 is 2.14 bits per heavy atom. The minimum Gasteiger partial charge on any atom is -0.377 e. The first-order valence-corrected chi connectivity index (χ1v) is 7.86. The zero-order chi connectivity index (χ0) is 15.5. The van der Waals surface area contributed by atoms with Crippen LogP contribution in [0.25, 0.3) is 0 Å². The number of aromatic nitrogens is 1. The van der Waals surface area contributed by atoms with Crippen LogP contribution in [0.15, 0.2) is 18.3 Å². The van der Waals surface area contributed by atoms with Gasteiger partial charge in [-0.3, -0.25) is 9.88 Å². The Kier molecular flexibility index (Phi) is 5.36. The molecule has 2 unspecified atom stereocenters. The Labute approximate surface area is 128 Å². The average Bonchev–Trinajstić information content (AvgIpc) is 2.83. The number of nitrogens with zero attached hydrogens (tertiary/aromatic N) is 2. The molecule has 2 rings (SSSR count). The second-order valence-corrected chi connectivity index (χ2v) is 7.11. The number of hydrogen-bond acceptors (Lipinski definition) is 4. The van der Waals surface area contributed by atoms with Crippen molar-refractivity contribution in [1.82, 2.24) is 15.2 Å². The first-order chi connectivity index (χ1) is 9.85. The SMILES string of the molecule is CC1OCCC1N(C)Cc1ccc(CNC(C)(C)C)cn1. The molecule has 0 aliphatic carbocycles. The van der Waals surface area contributed by atoms with Crippen molar-refractivity contribution >= 4 is 0 Å². The van der Waals surface area contributed by atoms with E-state index in [1.54, 1.807) is 0 Å². The summed E-state index contributed by atoms with van der Waals surface area (Å²) in [6, 6.07) is 4.81. The van der Waals surface area contributed by atoms with Crippen molar-refractivity contribution in [3.05, 3.63) is 29.6 Å². The standard InChI is InChI=1S/C17H29N3O/c1-13-16(8-9-21-13)20(5)12-15-7-6-14(10-18-15)11-19-17(2,3)4/h6-7,10,13,16,19H,8-9,11-12H2,1-5H3. The van der Waals surface area contributed by atoms with Gasteiger partial charge in [0.25, 0.3) is 0 Å². The third-order valence-electron chi connectivity index (χ3n) is 4.02. The van der Waals surface area contributed by atoms with Crippen LogP contribution in [-0.4, -0.2) is 41.2 Å². The van der Waals surface area contributed by atoms with E-state index in [1.807, 2.05) is 6.20 Å². The van der Waals surface area contributed by atoms with E-state index >= 15 is 0 Å². The molecule has 1 aromatic rings. The minimum atomic E-state index is 0.136. The zero-order valence-corrected chi connectivity index (χ0v) is 14.0. The van der Waals surface area contributed by atoms with Gasteiger partial charge in [-0.2, -0.15) is 0 Å². The zero-order valence-electron chi connectivity index (χ0n) is 14.0. The van der Waals surface area contributed by atoms with Crippen LogP contribution in [0.1, 0.15) is 45.4 Å². The molecule has 118 valence electrons. The number of likely N-dealkylation sites (N-methyl/N-ethyl adjacent to an activating group) is 1. The largest absolute Gasteiger partial charge is 0.377 e. The van der Waals surface area contributed by atoms with E-state index in [2.05, 4.69) is 62.1 Å². The molecule has 4 nitrogen and oxygen atoms in total. The molecule has 0 bridgehead atoms. The molecule has 0 amide bonds. The normalized spacial score (nSPS) is 23.0. The smallest absolute Gasteiger partial charge is 0.0703 e. The summed E-state index contributed by atoms with van der Waals surface area (Å²) in [5, 5.41) is 3.48. The van der Waals surface area contributed by atoms with Gasteiger partial charge in [0.2, 0.25) is 0 Å². The number of hydrogen-bond donors (Lipinski definition) is 1. The highest BCUT2D eigenvalue weighted by molar-refractivity contribution is 5.14. The van der Waals surface area contributed by atoms with Crippen molar-refractivity contribution in [2.75, 3.05) is 13.7 Å². The van der Waals surface area contributed by atoms with Crippen molar-refractivity contribution in [2.45, 2.75) is 64.9 Å². The van der Waals surface area contributed by atoms with Gasteiger partial charge in [0.1, 0.15) is 0 Å². The van der Waals surface area contributed by atoms with E-state index in [-0.39, 0.29) is 5.54 Å². The first kappa shape index (κ1) is 16.4. The highest BCUT2D eigenvalue weighted by Gasteiger charge is 2.27. The summed E-state index contributed by atoms with van der Waals surface area (Å²) >= 11 is 0. The van der Waals surface area contributed by atoms with Gasteiger partial charge in [0.15, 0.2) is 0 Å². The van der Waals surface area contributed by atoms with Gasteiger partial charge in [-0.15, -0.1) is 0 Å². The summed E-state index contributed by atoms with van der Waals surface area (Å²) in [7, 11) is 2.16. The minimum absolute atomic E-state index is 0.136. The van der Waals surface area contributed by atoms with Crippen LogP contribution >= 0.6 is 0 Å². The molecule has 1 N–H and O–H groups in total. The summed E-state index contributed by atoms with van der Waals surface area (Å²) in [5.74, 6) is 0. The van der Waals surface area contributed by atoms with Crippen LogP contribution in [0.3, 0.4) is 0 Å². The number of ether oxygens (including phenoxy) is 1. The van der Waals surface area contributed by atoms with Crippen molar-refractivity contribution < 1.29 is 4.74 Å². The maximum absolute atomic E-state index is 5.64. The third kappa shape index (κ3) is 5.06. The lowest BCUT2D eigenvalue weighted by Gasteiger charge is -2.26. The summed E-state index contributed by atoms with van der Waals surface area (Å²) < 4.78 is 5.64. The number of nitrogens with one attached hydrogen (secondary N) is 1. The van der Waals surface area contributed by atoms with Gasteiger partial charge < -0.3 is 10.1 Å². The second kappa shape index (κ2) is 6.86. The Morgan fingerprint density at radius 3 is 2.67 bits per heavy atom. The van der Waals surface area contributed by atoms with Crippen molar-refractivity contribution in [3.8, 4) is 0 Å². The molecular weight excluding hydrogens is 262 g/mol. The van der Waals surface area contributed by atoms with E-state index in [1.165, 1.54) is 5.56 Å². The molecule has 1 aliphatic heterocycles. The third-order valence-corrected chi connectivity index (χ3v) is 4.02. The quantitative estimate of drug-likeness (QED) is 0.905. The van der Waals surface area contributed by atoms with Crippen molar-refractivity contribution in [1.29, 1.82) is 0 Å². The maximum atomic E-state index is 5.64. The maximum Gasteiger partial charge on any atom is 0.0703 e. The fourth-order valence-corrected chi connectivity index (χ4v) is 2.69. The summed E-state index contributed by atoms with van der Waals surface area (Å²) in [5.41, 5.74) is 2.49.